The van der Waals surface area contributed by atoms with Crippen molar-refractivity contribution in [3.8, 4) is 0 Å². The van der Waals surface area contributed by atoms with E-state index in [1.54, 1.807) is 0 Å². The molecule has 0 heterocycles. The molecule has 0 aliphatic rings. The molecule has 0 aromatic carbocycles. The lowest BCUT2D eigenvalue weighted by atomic mass is 9.81. The minimum Gasteiger partial charge on any atom is -0.481 e. The summed E-state index contributed by atoms with van der Waals surface area (Å²) >= 11 is 0. The zero-order chi connectivity index (χ0) is 30.2. The highest BCUT2D eigenvalue weighted by atomic mass is 16.6. The first-order valence-corrected chi connectivity index (χ1v) is 16.0. The van der Waals surface area contributed by atoms with Crippen LogP contribution in [0, 0.1) is 11.8 Å². The Morgan fingerprint density at radius 2 is 1.07 bits per heavy atom. The largest absolute Gasteiger partial charge is 0.481 e. The first-order valence-electron chi connectivity index (χ1n) is 16.0. The van der Waals surface area contributed by atoms with E-state index < -0.39 is 41.8 Å². The standard InChI is InChI=1S/C32H58O8/c1-4-5-6-16-21-24-29(35)40-30(36)27(32(39,31(37)38)25-28(33)34)23-20-18-15-13-11-9-7-8-10-12-14-17-19-22-26(2)3/h26-27,39H,4-25H2,1-3H3,(H,33,34)(H,37,38). The van der Waals surface area contributed by atoms with Crippen molar-refractivity contribution in [1.29, 1.82) is 0 Å². The molecule has 0 amide bonds. The van der Waals surface area contributed by atoms with Crippen molar-refractivity contribution in [2.45, 2.75) is 168 Å². The Morgan fingerprint density at radius 1 is 0.650 bits per heavy atom. The van der Waals surface area contributed by atoms with Gasteiger partial charge in [0.25, 0.3) is 0 Å². The summed E-state index contributed by atoms with van der Waals surface area (Å²) in [6.45, 7) is 6.62. The van der Waals surface area contributed by atoms with Crippen molar-refractivity contribution >= 4 is 23.9 Å². The zero-order valence-corrected chi connectivity index (χ0v) is 25.6. The predicted molar refractivity (Wildman–Crippen MR) is 157 cm³/mol. The van der Waals surface area contributed by atoms with E-state index in [1.807, 2.05) is 0 Å². The van der Waals surface area contributed by atoms with Crippen molar-refractivity contribution in [3.05, 3.63) is 0 Å². The molecule has 0 aliphatic carbocycles. The Morgan fingerprint density at radius 3 is 1.50 bits per heavy atom. The fourth-order valence-corrected chi connectivity index (χ4v) is 5.08. The lowest BCUT2D eigenvalue weighted by Gasteiger charge is -2.29. The van der Waals surface area contributed by atoms with Crippen molar-refractivity contribution < 1.29 is 39.2 Å². The van der Waals surface area contributed by atoms with Crippen LogP contribution in [0.15, 0.2) is 0 Å². The molecule has 0 aromatic heterocycles. The second-order valence-electron chi connectivity index (χ2n) is 11.9. The highest BCUT2D eigenvalue weighted by Crippen LogP contribution is 2.29. The topological polar surface area (TPSA) is 138 Å². The number of carboxylic acid groups (broad SMARTS) is 2. The fourth-order valence-electron chi connectivity index (χ4n) is 5.08. The third kappa shape index (κ3) is 19.2. The fraction of sp³-hybridized carbons (Fsp3) is 0.875. The Bertz CT molecular complexity index is 705. The number of unbranched alkanes of at least 4 members (excludes halogenated alkanes) is 16. The third-order valence-electron chi connectivity index (χ3n) is 7.63. The minimum atomic E-state index is -2.83. The lowest BCUT2D eigenvalue weighted by Crippen LogP contribution is -2.51. The summed E-state index contributed by atoms with van der Waals surface area (Å²) in [6, 6.07) is 0. The van der Waals surface area contributed by atoms with Crippen LogP contribution in [-0.2, 0) is 23.9 Å². The number of aliphatic hydroxyl groups is 1. The minimum absolute atomic E-state index is 0.0188. The van der Waals surface area contributed by atoms with Crippen molar-refractivity contribution in [1.82, 2.24) is 0 Å². The molecular weight excluding hydrogens is 512 g/mol. The van der Waals surface area contributed by atoms with E-state index in [2.05, 4.69) is 20.8 Å². The maximum atomic E-state index is 12.8. The van der Waals surface area contributed by atoms with Gasteiger partial charge in [0.05, 0.1) is 12.3 Å². The number of esters is 2. The van der Waals surface area contributed by atoms with Gasteiger partial charge in [0.15, 0.2) is 5.60 Å². The molecule has 0 aromatic rings. The molecule has 0 saturated heterocycles. The van der Waals surface area contributed by atoms with Gasteiger partial charge in [-0.1, -0.05) is 136 Å². The molecule has 8 heteroatoms. The van der Waals surface area contributed by atoms with Gasteiger partial charge in [-0.3, -0.25) is 14.4 Å². The van der Waals surface area contributed by atoms with Crippen LogP contribution < -0.4 is 0 Å². The van der Waals surface area contributed by atoms with Gasteiger partial charge in [-0.25, -0.2) is 4.79 Å². The van der Waals surface area contributed by atoms with Gasteiger partial charge in [0.2, 0.25) is 0 Å². The van der Waals surface area contributed by atoms with Gasteiger partial charge in [0.1, 0.15) is 0 Å². The summed E-state index contributed by atoms with van der Waals surface area (Å²) in [4.78, 5) is 48.0. The summed E-state index contributed by atoms with van der Waals surface area (Å²) in [5.74, 6) is -6.12. The van der Waals surface area contributed by atoms with Gasteiger partial charge < -0.3 is 20.1 Å². The van der Waals surface area contributed by atoms with E-state index >= 15 is 0 Å². The molecule has 8 nitrogen and oxygen atoms in total. The average Bonchev–Trinajstić information content (AvgIpc) is 2.87. The summed E-state index contributed by atoms with van der Waals surface area (Å²) in [5.41, 5.74) is -2.83. The molecule has 40 heavy (non-hydrogen) atoms. The number of rotatable bonds is 27. The van der Waals surface area contributed by atoms with Crippen LogP contribution in [0.25, 0.3) is 0 Å². The van der Waals surface area contributed by atoms with E-state index in [0.717, 1.165) is 50.9 Å². The summed E-state index contributed by atoms with van der Waals surface area (Å²) in [5, 5.41) is 29.5. The van der Waals surface area contributed by atoms with Crippen LogP contribution in [0.2, 0.25) is 0 Å². The zero-order valence-electron chi connectivity index (χ0n) is 25.6. The summed E-state index contributed by atoms with van der Waals surface area (Å²) < 4.78 is 4.88. The molecule has 0 bridgehead atoms. The van der Waals surface area contributed by atoms with Crippen LogP contribution in [0.3, 0.4) is 0 Å². The smallest absolute Gasteiger partial charge is 0.337 e. The SMILES string of the molecule is CCCCCCCC(=O)OC(=O)C(CCCCCCCCCCCCCCCC(C)C)C(O)(CC(=O)O)C(=O)O. The van der Waals surface area contributed by atoms with Gasteiger partial charge in [-0.2, -0.15) is 0 Å². The van der Waals surface area contributed by atoms with Gasteiger partial charge in [-0.15, -0.1) is 0 Å². The van der Waals surface area contributed by atoms with E-state index in [-0.39, 0.29) is 12.8 Å². The summed E-state index contributed by atoms with van der Waals surface area (Å²) in [6.07, 6.45) is 19.1. The molecule has 0 saturated carbocycles. The number of hydrogen-bond donors (Lipinski definition) is 3. The molecule has 234 valence electrons. The molecule has 0 fully saturated rings. The van der Waals surface area contributed by atoms with Crippen LogP contribution >= 0.6 is 0 Å². The van der Waals surface area contributed by atoms with E-state index in [9.17, 15) is 29.4 Å². The van der Waals surface area contributed by atoms with Gasteiger partial charge in [0, 0.05) is 6.42 Å². The highest BCUT2D eigenvalue weighted by Gasteiger charge is 2.50. The molecular formula is C32H58O8. The normalized spacial score (nSPS) is 13.6. The van der Waals surface area contributed by atoms with E-state index in [1.165, 1.54) is 57.8 Å². The van der Waals surface area contributed by atoms with Crippen LogP contribution in [0.5, 0.6) is 0 Å². The van der Waals surface area contributed by atoms with Crippen molar-refractivity contribution in [3.63, 3.8) is 0 Å². The quantitative estimate of drug-likeness (QED) is 0.0516. The van der Waals surface area contributed by atoms with E-state index in [0.29, 0.717) is 19.3 Å². The first-order chi connectivity index (χ1) is 19.0. The Balaban J connectivity index is 4.45. The average molecular weight is 571 g/mol. The van der Waals surface area contributed by atoms with Crippen LogP contribution in [-0.4, -0.2) is 44.8 Å². The number of ether oxygens (including phenoxy) is 1. The molecule has 0 radical (unpaired) electrons. The van der Waals surface area contributed by atoms with Crippen molar-refractivity contribution in [2.75, 3.05) is 0 Å². The Labute approximate surface area is 242 Å². The van der Waals surface area contributed by atoms with Crippen LogP contribution in [0.4, 0.5) is 0 Å². The maximum absolute atomic E-state index is 12.8. The molecule has 0 spiro atoms. The first kappa shape index (κ1) is 38.0. The second kappa shape index (κ2) is 23.7. The van der Waals surface area contributed by atoms with Gasteiger partial charge in [-0.05, 0) is 18.8 Å². The molecule has 2 atom stereocenters. The monoisotopic (exact) mass is 570 g/mol. The van der Waals surface area contributed by atoms with Crippen LogP contribution in [0.1, 0.15) is 162 Å². The second-order valence-corrected chi connectivity index (χ2v) is 11.9. The molecule has 2 unspecified atom stereocenters. The third-order valence-corrected chi connectivity index (χ3v) is 7.63. The number of aliphatic carboxylic acids is 2. The lowest BCUT2D eigenvalue weighted by molar-refractivity contribution is -0.184. The summed E-state index contributed by atoms with van der Waals surface area (Å²) in [7, 11) is 0. The van der Waals surface area contributed by atoms with E-state index in [4.69, 9.17) is 9.84 Å². The maximum Gasteiger partial charge on any atom is 0.337 e. The van der Waals surface area contributed by atoms with Crippen molar-refractivity contribution in [2.24, 2.45) is 11.8 Å². The molecule has 0 rings (SSSR count). The predicted octanol–water partition coefficient (Wildman–Crippen LogP) is 7.83. The highest BCUT2D eigenvalue weighted by molar-refractivity contribution is 5.93. The Hall–Kier alpha value is -1.96. The Kier molecular flexibility index (Phi) is 22.6. The molecule has 0 aliphatic heterocycles. The number of carbonyl (C=O) groups excluding carboxylic acids is 2. The van der Waals surface area contributed by atoms with Gasteiger partial charge >= 0.3 is 23.9 Å². The number of carboxylic acids is 2. The molecule has 3 N–H and O–H groups in total. The number of hydrogen-bond acceptors (Lipinski definition) is 6. The number of carbonyl (C=O) groups is 4.